The molecule has 1 fully saturated rings. The molecule has 34 heavy (non-hydrogen) atoms. The molecule has 2 aromatic carbocycles. The number of hydrogen-bond donors (Lipinski definition) is 1. The molecule has 0 bridgehead atoms. The summed E-state index contributed by atoms with van der Waals surface area (Å²) in [5.74, 6) is -0.207. The summed E-state index contributed by atoms with van der Waals surface area (Å²) in [6.45, 7) is 0. The maximum Gasteiger partial charge on any atom is 0.256 e. The van der Waals surface area contributed by atoms with Crippen LogP contribution in [0.3, 0.4) is 0 Å². The second-order valence-corrected chi connectivity index (χ2v) is 8.47. The van der Waals surface area contributed by atoms with Gasteiger partial charge in [-0.2, -0.15) is 0 Å². The third-order valence-electron chi connectivity index (χ3n) is 5.41. The van der Waals surface area contributed by atoms with E-state index < -0.39 is 29.0 Å². The number of nitrogens with one attached hydrogen (secondary N) is 1. The summed E-state index contributed by atoms with van der Waals surface area (Å²) in [4.78, 5) is 28.5. The van der Waals surface area contributed by atoms with E-state index in [1.165, 1.54) is 80.8 Å². The van der Waals surface area contributed by atoms with E-state index in [4.69, 9.17) is 18.6 Å². The van der Waals surface area contributed by atoms with Gasteiger partial charge in [0, 0.05) is 16.9 Å². The maximum atomic E-state index is 14.1. The number of carbonyl (C=O) groups excluding carboxylic acids is 2. The third-order valence-corrected chi connectivity index (χ3v) is 6.73. The number of nitrogens with zero attached hydrogens (tertiary/aromatic N) is 1. The fourth-order valence-electron chi connectivity index (χ4n) is 3.76. The standard InChI is InChI=1S/C24H23FN2O6S/c1-30-19-10-15(11-20(31-2)21(19)32-3)23(29)27-18(13-34-24(27)14-8-9-33-12-14)22(28)26-17-7-5-4-6-16(17)25/h4-12,18,24H,13H2,1-3H3,(H,26,28). The second-order valence-electron chi connectivity index (χ2n) is 7.35. The summed E-state index contributed by atoms with van der Waals surface area (Å²) >= 11 is 1.41. The van der Waals surface area contributed by atoms with Gasteiger partial charge in [0.15, 0.2) is 11.5 Å². The minimum Gasteiger partial charge on any atom is -0.493 e. The number of carbonyl (C=O) groups is 2. The molecule has 8 nitrogen and oxygen atoms in total. The van der Waals surface area contributed by atoms with Gasteiger partial charge in [-0.25, -0.2) is 4.39 Å². The molecule has 2 heterocycles. The molecule has 178 valence electrons. The Bertz CT molecular complexity index is 1160. The molecule has 4 rings (SSSR count). The van der Waals surface area contributed by atoms with E-state index in [2.05, 4.69) is 5.32 Å². The Hall–Kier alpha value is -3.66. The average Bonchev–Trinajstić information content (AvgIpc) is 3.54. The Morgan fingerprint density at radius 2 is 1.79 bits per heavy atom. The molecule has 0 radical (unpaired) electrons. The summed E-state index contributed by atoms with van der Waals surface area (Å²) in [6, 6.07) is 9.82. The van der Waals surface area contributed by atoms with Crippen molar-refractivity contribution in [3.05, 3.63) is 71.9 Å². The lowest BCUT2D eigenvalue weighted by Gasteiger charge is -2.29. The van der Waals surface area contributed by atoms with Crippen molar-refractivity contribution in [1.29, 1.82) is 0 Å². The molecule has 2 amide bonds. The molecule has 1 aromatic heterocycles. The highest BCUT2D eigenvalue weighted by Crippen LogP contribution is 2.44. The van der Waals surface area contributed by atoms with Crippen molar-refractivity contribution >= 4 is 29.3 Å². The molecule has 1 saturated heterocycles. The molecule has 1 aliphatic heterocycles. The monoisotopic (exact) mass is 486 g/mol. The zero-order valence-electron chi connectivity index (χ0n) is 18.7. The fourth-order valence-corrected chi connectivity index (χ4v) is 5.17. The molecule has 10 heteroatoms. The Labute approximate surface area is 200 Å². The molecule has 0 aliphatic carbocycles. The summed E-state index contributed by atoms with van der Waals surface area (Å²) in [5, 5.41) is 2.12. The highest BCUT2D eigenvalue weighted by molar-refractivity contribution is 7.99. The lowest BCUT2D eigenvalue weighted by molar-refractivity contribution is -0.119. The number of anilines is 1. The Kier molecular flexibility index (Phi) is 6.97. The maximum absolute atomic E-state index is 14.1. The number of ether oxygens (including phenoxy) is 3. The van der Waals surface area contributed by atoms with Crippen molar-refractivity contribution in [2.75, 3.05) is 32.4 Å². The number of amides is 2. The van der Waals surface area contributed by atoms with Crippen molar-refractivity contribution in [3.8, 4) is 17.2 Å². The van der Waals surface area contributed by atoms with Crippen molar-refractivity contribution in [2.24, 2.45) is 0 Å². The van der Waals surface area contributed by atoms with Crippen LogP contribution in [0.25, 0.3) is 0 Å². The first-order valence-electron chi connectivity index (χ1n) is 10.3. The largest absolute Gasteiger partial charge is 0.493 e. The molecule has 1 aliphatic rings. The van der Waals surface area contributed by atoms with Gasteiger partial charge in [0.05, 0.1) is 39.5 Å². The van der Waals surface area contributed by atoms with Crippen LogP contribution in [-0.2, 0) is 4.79 Å². The van der Waals surface area contributed by atoms with Gasteiger partial charge in [0.1, 0.15) is 17.2 Å². The van der Waals surface area contributed by atoms with Gasteiger partial charge >= 0.3 is 0 Å². The molecular weight excluding hydrogens is 463 g/mol. The Morgan fingerprint density at radius 3 is 2.38 bits per heavy atom. The first-order valence-corrected chi connectivity index (χ1v) is 11.3. The van der Waals surface area contributed by atoms with Crippen molar-refractivity contribution in [1.82, 2.24) is 4.90 Å². The lowest BCUT2D eigenvalue weighted by atomic mass is 10.1. The highest BCUT2D eigenvalue weighted by Gasteiger charge is 2.43. The summed E-state index contributed by atoms with van der Waals surface area (Å²) < 4.78 is 35.5. The second kappa shape index (κ2) is 10.1. The van der Waals surface area contributed by atoms with E-state index in [-0.39, 0.29) is 11.3 Å². The molecule has 0 spiro atoms. The molecule has 0 saturated carbocycles. The first kappa shape index (κ1) is 23.5. The fraction of sp³-hybridized carbons (Fsp3) is 0.250. The van der Waals surface area contributed by atoms with Gasteiger partial charge < -0.3 is 28.8 Å². The van der Waals surface area contributed by atoms with E-state index in [0.717, 1.165) is 5.56 Å². The topological polar surface area (TPSA) is 90.2 Å². The summed E-state index contributed by atoms with van der Waals surface area (Å²) in [7, 11) is 4.38. The van der Waals surface area contributed by atoms with Crippen molar-refractivity contribution < 1.29 is 32.6 Å². The van der Waals surface area contributed by atoms with Crippen LogP contribution in [0.5, 0.6) is 17.2 Å². The number of para-hydroxylation sites is 1. The lowest BCUT2D eigenvalue weighted by Crippen LogP contribution is -2.45. The van der Waals surface area contributed by atoms with E-state index >= 15 is 0 Å². The van der Waals surface area contributed by atoms with E-state index in [1.807, 2.05) is 0 Å². The third kappa shape index (κ3) is 4.41. The predicted molar refractivity (Wildman–Crippen MR) is 125 cm³/mol. The average molecular weight is 487 g/mol. The number of methoxy groups -OCH3 is 3. The van der Waals surface area contributed by atoms with Gasteiger partial charge in [-0.15, -0.1) is 11.8 Å². The van der Waals surface area contributed by atoms with Crippen LogP contribution in [0.4, 0.5) is 10.1 Å². The quantitative estimate of drug-likeness (QED) is 0.531. The smallest absolute Gasteiger partial charge is 0.256 e. The van der Waals surface area contributed by atoms with Gasteiger partial charge in [0.2, 0.25) is 11.7 Å². The molecule has 2 atom stereocenters. The van der Waals surface area contributed by atoms with Crippen LogP contribution >= 0.6 is 11.8 Å². The van der Waals surface area contributed by atoms with Gasteiger partial charge in [-0.1, -0.05) is 12.1 Å². The van der Waals surface area contributed by atoms with E-state index in [9.17, 15) is 14.0 Å². The van der Waals surface area contributed by atoms with Crippen LogP contribution in [0.2, 0.25) is 0 Å². The van der Waals surface area contributed by atoms with Crippen LogP contribution < -0.4 is 19.5 Å². The molecule has 3 aromatic rings. The SMILES string of the molecule is COc1cc(C(=O)N2C(C(=O)Nc3ccccc3F)CSC2c2ccoc2)cc(OC)c1OC. The Morgan fingerprint density at radius 1 is 1.09 bits per heavy atom. The number of benzene rings is 2. The molecular formula is C24H23FN2O6S. The number of thioether (sulfide) groups is 1. The van der Waals surface area contributed by atoms with Crippen LogP contribution in [0, 0.1) is 5.82 Å². The zero-order valence-corrected chi connectivity index (χ0v) is 19.6. The van der Waals surface area contributed by atoms with E-state index in [1.54, 1.807) is 12.1 Å². The molecule has 2 unspecified atom stereocenters. The van der Waals surface area contributed by atoms with Crippen LogP contribution in [0.1, 0.15) is 21.3 Å². The first-order chi connectivity index (χ1) is 16.5. The summed E-state index contributed by atoms with van der Waals surface area (Å²) in [5.41, 5.74) is 1.02. The van der Waals surface area contributed by atoms with Crippen LogP contribution in [0.15, 0.2) is 59.4 Å². The van der Waals surface area contributed by atoms with Crippen LogP contribution in [-0.4, -0.2) is 49.8 Å². The zero-order chi connectivity index (χ0) is 24.2. The minimum atomic E-state index is -0.865. The van der Waals surface area contributed by atoms with Gasteiger partial charge in [-0.05, 0) is 30.3 Å². The predicted octanol–water partition coefficient (Wildman–Crippen LogP) is 4.34. The normalized spacial score (nSPS) is 17.4. The minimum absolute atomic E-state index is 0.0458. The van der Waals surface area contributed by atoms with E-state index in [0.29, 0.717) is 23.0 Å². The molecule has 1 N–H and O–H groups in total. The summed E-state index contributed by atoms with van der Waals surface area (Å²) in [6.07, 6.45) is 3.04. The Balaban J connectivity index is 1.72. The number of halogens is 1. The number of furan rings is 1. The van der Waals surface area contributed by atoms with Gasteiger partial charge in [0.25, 0.3) is 5.91 Å². The van der Waals surface area contributed by atoms with Crippen molar-refractivity contribution in [2.45, 2.75) is 11.4 Å². The highest BCUT2D eigenvalue weighted by atomic mass is 32.2. The van der Waals surface area contributed by atoms with Crippen molar-refractivity contribution in [3.63, 3.8) is 0 Å². The number of rotatable bonds is 7. The number of hydrogen-bond acceptors (Lipinski definition) is 7. The van der Waals surface area contributed by atoms with Gasteiger partial charge in [-0.3, -0.25) is 9.59 Å².